The van der Waals surface area contributed by atoms with Crippen LogP contribution in [-0.2, 0) is 23.0 Å². The summed E-state index contributed by atoms with van der Waals surface area (Å²) in [4.78, 5) is 12.9. The van der Waals surface area contributed by atoms with E-state index in [2.05, 4.69) is 0 Å². The molecule has 204 valence electrons. The van der Waals surface area contributed by atoms with Gasteiger partial charge >= 0.3 is 6.09 Å². The molecule has 0 saturated heterocycles. The minimum atomic E-state index is -4.34. The van der Waals surface area contributed by atoms with Crippen molar-refractivity contribution in [1.82, 2.24) is 4.90 Å². The third kappa shape index (κ3) is 7.00. The molecule has 0 aliphatic heterocycles. The molecule has 7 nitrogen and oxygen atoms in total. The maximum atomic E-state index is 15.1. The Labute approximate surface area is 222 Å². The molecule has 0 saturated carbocycles. The summed E-state index contributed by atoms with van der Waals surface area (Å²) >= 11 is 0. The van der Waals surface area contributed by atoms with Crippen molar-refractivity contribution < 1.29 is 32.2 Å². The molecule has 1 amide bonds. The Bertz CT molecular complexity index is 1350. The van der Waals surface area contributed by atoms with Gasteiger partial charge in [0, 0.05) is 19.6 Å². The summed E-state index contributed by atoms with van der Waals surface area (Å²) in [6.45, 7) is 5.49. The van der Waals surface area contributed by atoms with Gasteiger partial charge in [-0.3, -0.25) is 4.31 Å². The third-order valence-electron chi connectivity index (χ3n) is 5.95. The number of amides is 1. The van der Waals surface area contributed by atoms with Gasteiger partial charge < -0.3 is 15.1 Å². The van der Waals surface area contributed by atoms with Gasteiger partial charge in [-0.1, -0.05) is 57.2 Å². The molecule has 10 heteroatoms. The molecular weight excluding hydrogens is 514 g/mol. The van der Waals surface area contributed by atoms with Crippen LogP contribution in [0.4, 0.5) is 19.3 Å². The van der Waals surface area contributed by atoms with Crippen molar-refractivity contribution in [2.45, 2.75) is 38.6 Å². The molecule has 0 radical (unpaired) electrons. The largest absolute Gasteiger partial charge is 0.505 e. The predicted molar refractivity (Wildman–Crippen MR) is 142 cm³/mol. The number of rotatable bonds is 11. The topological polar surface area (TPSA) is 98.2 Å². The van der Waals surface area contributed by atoms with Crippen LogP contribution in [0.5, 0.6) is 5.75 Å². The average molecular weight is 547 g/mol. The van der Waals surface area contributed by atoms with Crippen molar-refractivity contribution in [3.63, 3.8) is 0 Å². The van der Waals surface area contributed by atoms with Crippen LogP contribution in [0.1, 0.15) is 31.9 Å². The summed E-state index contributed by atoms with van der Waals surface area (Å²) in [5, 5.41) is 20.8. The molecule has 0 bridgehead atoms. The zero-order chi connectivity index (χ0) is 28.0. The van der Waals surface area contributed by atoms with E-state index in [-0.39, 0.29) is 48.3 Å². The maximum absolute atomic E-state index is 15.1. The second-order valence-corrected chi connectivity index (χ2v) is 11.6. The lowest BCUT2D eigenvalue weighted by Gasteiger charge is -2.28. The zero-order valence-electron chi connectivity index (χ0n) is 21.5. The van der Waals surface area contributed by atoms with E-state index >= 15 is 4.39 Å². The number of anilines is 1. The molecule has 1 atom stereocenters. The molecule has 3 aromatic carbocycles. The van der Waals surface area contributed by atoms with E-state index in [1.165, 1.54) is 11.0 Å². The number of phenolic OH excluding ortho intramolecular Hbond substituents is 1. The van der Waals surface area contributed by atoms with Crippen LogP contribution in [0.2, 0.25) is 0 Å². The van der Waals surface area contributed by atoms with E-state index in [1.54, 1.807) is 20.8 Å². The monoisotopic (exact) mass is 546 g/mol. The third-order valence-corrected chi connectivity index (χ3v) is 7.73. The van der Waals surface area contributed by atoms with E-state index in [1.807, 2.05) is 30.3 Å². The lowest BCUT2D eigenvalue weighted by Crippen LogP contribution is -2.35. The fourth-order valence-corrected chi connectivity index (χ4v) is 5.85. The highest BCUT2D eigenvalue weighted by Crippen LogP contribution is 2.38. The first-order valence-corrected chi connectivity index (χ1v) is 13.6. The predicted octanol–water partition coefficient (Wildman–Crippen LogP) is 5.88. The lowest BCUT2D eigenvalue weighted by molar-refractivity contribution is 0.134. The first-order valence-electron chi connectivity index (χ1n) is 12.2. The lowest BCUT2D eigenvalue weighted by atomic mass is 9.98. The highest BCUT2D eigenvalue weighted by atomic mass is 32.2. The van der Waals surface area contributed by atoms with Crippen LogP contribution in [0.3, 0.4) is 0 Å². The Kier molecular flexibility index (Phi) is 9.32. The second kappa shape index (κ2) is 12.3. The van der Waals surface area contributed by atoms with Crippen molar-refractivity contribution >= 4 is 21.8 Å². The Hall–Kier alpha value is -3.66. The quantitative estimate of drug-likeness (QED) is 0.313. The van der Waals surface area contributed by atoms with E-state index in [9.17, 15) is 27.8 Å². The van der Waals surface area contributed by atoms with Gasteiger partial charge in [-0.2, -0.15) is 0 Å². The van der Waals surface area contributed by atoms with Gasteiger partial charge in [-0.25, -0.2) is 22.0 Å². The van der Waals surface area contributed by atoms with Gasteiger partial charge in [0.1, 0.15) is 17.3 Å². The number of sulfonamides is 1. The number of nitrogens with zero attached hydrogens (tertiary/aromatic N) is 2. The molecule has 0 aliphatic rings. The number of carboxylic acid groups (broad SMARTS) is 1. The maximum Gasteiger partial charge on any atom is 0.407 e. The number of aromatic hydroxyl groups is 1. The van der Waals surface area contributed by atoms with Gasteiger partial charge in [0.15, 0.2) is 5.82 Å². The zero-order valence-corrected chi connectivity index (χ0v) is 22.3. The van der Waals surface area contributed by atoms with E-state index in [0.29, 0.717) is 0 Å². The Balaban J connectivity index is 1.92. The summed E-state index contributed by atoms with van der Waals surface area (Å²) in [5.74, 6) is -2.60. The smallest absolute Gasteiger partial charge is 0.407 e. The minimum Gasteiger partial charge on any atom is -0.505 e. The van der Waals surface area contributed by atoms with Gasteiger partial charge in [-0.05, 0) is 59.7 Å². The molecule has 3 rings (SSSR count). The molecule has 0 fully saturated rings. The van der Waals surface area contributed by atoms with Crippen LogP contribution in [0.25, 0.3) is 0 Å². The molecule has 2 N–H and O–H groups in total. The summed E-state index contributed by atoms with van der Waals surface area (Å²) in [7, 11) is -4.34. The van der Waals surface area contributed by atoms with E-state index < -0.39 is 39.2 Å². The molecular formula is C28H32F2N2O5S. The number of hydrogen-bond acceptors (Lipinski definition) is 4. The van der Waals surface area contributed by atoms with Gasteiger partial charge in [-0.15, -0.1) is 0 Å². The average Bonchev–Trinajstić information content (AvgIpc) is 2.85. The summed E-state index contributed by atoms with van der Waals surface area (Å²) in [5.41, 5.74) is 0.610. The summed E-state index contributed by atoms with van der Waals surface area (Å²) < 4.78 is 56.3. The number of phenols is 1. The van der Waals surface area contributed by atoms with Crippen molar-refractivity contribution in [2.75, 3.05) is 17.4 Å². The van der Waals surface area contributed by atoms with Gasteiger partial charge in [0.05, 0.1) is 4.90 Å². The first-order chi connectivity index (χ1) is 17.9. The SMILES string of the molecule is CC(C)CN(c1c(F)ccc(C[C@@H](C)CN(Cc2ccccc2)C(=O)O)c1O)S(=O)(=O)c1ccc(F)cc1. The van der Waals surface area contributed by atoms with Gasteiger partial charge in [0.2, 0.25) is 0 Å². The molecule has 0 heterocycles. The van der Waals surface area contributed by atoms with Crippen LogP contribution in [-0.4, -0.2) is 42.7 Å². The Morgan fingerprint density at radius 1 is 0.921 bits per heavy atom. The van der Waals surface area contributed by atoms with Crippen molar-refractivity contribution in [1.29, 1.82) is 0 Å². The number of halogens is 2. The summed E-state index contributed by atoms with van der Waals surface area (Å²) in [6.07, 6.45) is -0.928. The highest BCUT2D eigenvalue weighted by molar-refractivity contribution is 7.92. The van der Waals surface area contributed by atoms with Crippen LogP contribution in [0, 0.1) is 23.5 Å². The normalized spacial score (nSPS) is 12.4. The number of carbonyl (C=O) groups is 1. The summed E-state index contributed by atoms with van der Waals surface area (Å²) in [6, 6.07) is 15.8. The van der Waals surface area contributed by atoms with Crippen molar-refractivity contribution in [3.8, 4) is 5.75 Å². The molecule has 0 aliphatic carbocycles. The number of benzene rings is 3. The Morgan fingerprint density at radius 3 is 2.13 bits per heavy atom. The van der Waals surface area contributed by atoms with Crippen LogP contribution < -0.4 is 4.31 Å². The number of hydrogen-bond donors (Lipinski definition) is 2. The molecule has 38 heavy (non-hydrogen) atoms. The molecule has 3 aromatic rings. The van der Waals surface area contributed by atoms with Crippen molar-refractivity contribution in [3.05, 3.63) is 89.5 Å². The standard InChI is InChI=1S/C28H32F2N2O5S/c1-19(2)16-32(38(36,37)24-12-10-23(29)11-13-24)26-25(30)14-9-22(27(26)33)15-20(3)17-31(28(34)35)18-21-7-5-4-6-8-21/h4-14,19-20,33H,15-18H2,1-3H3,(H,34,35)/t20-/m1/s1. The minimum absolute atomic E-state index is 0.132. The first kappa shape index (κ1) is 28.9. The fraction of sp³-hybridized carbons (Fsp3) is 0.321. The van der Waals surface area contributed by atoms with Gasteiger partial charge in [0.25, 0.3) is 10.0 Å². The molecule has 0 unspecified atom stereocenters. The van der Waals surface area contributed by atoms with E-state index in [0.717, 1.165) is 40.2 Å². The molecule has 0 spiro atoms. The second-order valence-electron chi connectivity index (χ2n) is 9.75. The fourth-order valence-electron chi connectivity index (χ4n) is 4.20. The Morgan fingerprint density at radius 2 is 1.55 bits per heavy atom. The molecule has 0 aromatic heterocycles. The van der Waals surface area contributed by atoms with E-state index in [4.69, 9.17) is 0 Å². The van der Waals surface area contributed by atoms with Crippen LogP contribution >= 0.6 is 0 Å². The van der Waals surface area contributed by atoms with Crippen molar-refractivity contribution in [2.24, 2.45) is 11.8 Å². The van der Waals surface area contributed by atoms with Crippen LogP contribution in [0.15, 0.2) is 71.6 Å². The highest BCUT2D eigenvalue weighted by Gasteiger charge is 2.31.